The Morgan fingerprint density at radius 1 is 1.16 bits per heavy atom. The first kappa shape index (κ1) is 17.6. The second kappa shape index (κ2) is 6.60. The highest BCUT2D eigenvalue weighted by atomic mass is 19.1. The van der Waals surface area contributed by atoms with Crippen molar-refractivity contribution in [2.45, 2.75) is 52.0 Å². The molecule has 0 amide bonds. The van der Waals surface area contributed by atoms with Crippen LogP contribution in [0.1, 0.15) is 59.0 Å². The summed E-state index contributed by atoms with van der Waals surface area (Å²) in [5, 5.41) is 8.97. The second-order valence-corrected chi connectivity index (χ2v) is 7.20. The summed E-state index contributed by atoms with van der Waals surface area (Å²) in [4.78, 5) is 10.9. The molecule has 1 aliphatic rings. The normalized spacial score (nSPS) is 15.2. The molecule has 1 atom stereocenters. The number of rotatable bonds is 5. The Balaban J connectivity index is 2.08. The highest BCUT2D eigenvalue weighted by Crippen LogP contribution is 2.42. The van der Waals surface area contributed by atoms with Crippen LogP contribution in [0.15, 0.2) is 24.3 Å². The third-order valence-corrected chi connectivity index (χ3v) is 4.97. The third-order valence-electron chi connectivity index (χ3n) is 4.97. The first-order valence-electron chi connectivity index (χ1n) is 8.67. The molecule has 0 heterocycles. The van der Waals surface area contributed by atoms with Gasteiger partial charge in [0, 0.05) is 11.6 Å². The van der Waals surface area contributed by atoms with Crippen LogP contribution in [-0.2, 0) is 4.79 Å². The number of hydrogen-bond acceptors (Lipinski definition) is 2. The van der Waals surface area contributed by atoms with Crippen LogP contribution in [0.25, 0.3) is 11.1 Å². The summed E-state index contributed by atoms with van der Waals surface area (Å²) in [5.41, 5.74) is 12.4. The molecule has 1 aliphatic carbocycles. The van der Waals surface area contributed by atoms with E-state index < -0.39 is 17.8 Å². The smallest absolute Gasteiger partial charge is 0.305 e. The summed E-state index contributed by atoms with van der Waals surface area (Å²) in [6, 6.07) is 7.11. The molecule has 3 rings (SSSR count). The first-order chi connectivity index (χ1) is 11.8. The van der Waals surface area contributed by atoms with Gasteiger partial charge in [0.25, 0.3) is 0 Å². The van der Waals surface area contributed by atoms with E-state index in [1.807, 2.05) is 6.07 Å². The standard InChI is InChI=1S/C21H24FNO2/c1-11-6-15(14-4-5-14)7-12(2)20(11)16-8-13(3)21(22)17(9-16)18(23)10-19(24)25/h6-9,14,18H,4-5,10,23H2,1-3H3,(H,24,25)/t18-/m0/s1. The third kappa shape index (κ3) is 3.59. The minimum absolute atomic E-state index is 0.266. The van der Waals surface area contributed by atoms with Gasteiger partial charge in [0.1, 0.15) is 5.82 Å². The van der Waals surface area contributed by atoms with E-state index in [-0.39, 0.29) is 12.0 Å². The lowest BCUT2D eigenvalue weighted by atomic mass is 9.89. The molecule has 0 aliphatic heterocycles. The summed E-state index contributed by atoms with van der Waals surface area (Å²) in [5.74, 6) is -0.764. The zero-order chi connectivity index (χ0) is 18.3. The molecule has 0 unspecified atom stereocenters. The number of carboxylic acids is 1. The molecule has 0 bridgehead atoms. The van der Waals surface area contributed by atoms with Gasteiger partial charge in [0.15, 0.2) is 0 Å². The summed E-state index contributed by atoms with van der Waals surface area (Å²) in [6.45, 7) is 5.84. The van der Waals surface area contributed by atoms with E-state index >= 15 is 0 Å². The average molecular weight is 341 g/mol. The molecule has 1 fully saturated rings. The van der Waals surface area contributed by atoms with Gasteiger partial charge >= 0.3 is 5.97 Å². The summed E-state index contributed by atoms with van der Waals surface area (Å²) in [6.07, 6.45) is 2.21. The quantitative estimate of drug-likeness (QED) is 0.823. The first-order valence-corrected chi connectivity index (χ1v) is 8.67. The SMILES string of the molecule is Cc1cc(-c2c(C)cc(C3CC3)cc2C)cc([C@@H](N)CC(=O)O)c1F. The van der Waals surface area contributed by atoms with E-state index in [0.717, 1.165) is 22.3 Å². The van der Waals surface area contributed by atoms with Gasteiger partial charge in [-0.25, -0.2) is 4.39 Å². The fourth-order valence-electron chi connectivity index (χ4n) is 3.61. The summed E-state index contributed by atoms with van der Waals surface area (Å²) >= 11 is 0. The molecule has 0 saturated heterocycles. The Labute approximate surface area is 147 Å². The van der Waals surface area contributed by atoms with E-state index in [1.54, 1.807) is 13.0 Å². The summed E-state index contributed by atoms with van der Waals surface area (Å²) in [7, 11) is 0. The lowest BCUT2D eigenvalue weighted by molar-refractivity contribution is -0.137. The Morgan fingerprint density at radius 2 is 1.76 bits per heavy atom. The minimum atomic E-state index is -1.03. The number of hydrogen-bond donors (Lipinski definition) is 2. The van der Waals surface area contributed by atoms with Gasteiger partial charge < -0.3 is 10.8 Å². The zero-order valence-corrected chi connectivity index (χ0v) is 14.9. The van der Waals surface area contributed by atoms with Gasteiger partial charge in [0.05, 0.1) is 6.42 Å². The predicted molar refractivity (Wildman–Crippen MR) is 97.2 cm³/mol. The Kier molecular flexibility index (Phi) is 4.65. The maximum Gasteiger partial charge on any atom is 0.305 e. The van der Waals surface area contributed by atoms with Crippen molar-refractivity contribution in [2.75, 3.05) is 0 Å². The number of nitrogens with two attached hydrogens (primary N) is 1. The lowest BCUT2D eigenvalue weighted by Crippen LogP contribution is -2.17. The van der Waals surface area contributed by atoms with E-state index in [9.17, 15) is 9.18 Å². The minimum Gasteiger partial charge on any atom is -0.481 e. The van der Waals surface area contributed by atoms with Crippen LogP contribution in [0.4, 0.5) is 4.39 Å². The Hall–Kier alpha value is -2.20. The van der Waals surface area contributed by atoms with Crippen molar-refractivity contribution in [3.63, 3.8) is 0 Å². The molecule has 2 aromatic carbocycles. The van der Waals surface area contributed by atoms with Gasteiger partial charge in [-0.1, -0.05) is 12.1 Å². The molecule has 4 heteroatoms. The average Bonchev–Trinajstić information content (AvgIpc) is 3.33. The highest BCUT2D eigenvalue weighted by Gasteiger charge is 2.25. The van der Waals surface area contributed by atoms with Gasteiger partial charge in [0.2, 0.25) is 0 Å². The number of aliphatic carboxylic acids is 1. The van der Waals surface area contributed by atoms with Crippen LogP contribution < -0.4 is 5.73 Å². The van der Waals surface area contributed by atoms with Crippen LogP contribution in [0.3, 0.4) is 0 Å². The number of carboxylic acid groups (broad SMARTS) is 1. The van der Waals surface area contributed by atoms with Crippen molar-refractivity contribution in [1.29, 1.82) is 0 Å². The predicted octanol–water partition coefficient (Wildman–Crippen LogP) is 4.77. The van der Waals surface area contributed by atoms with Crippen molar-refractivity contribution < 1.29 is 14.3 Å². The fourth-order valence-corrected chi connectivity index (χ4v) is 3.61. The maximum absolute atomic E-state index is 14.5. The monoisotopic (exact) mass is 341 g/mol. The number of halogens is 1. The molecular weight excluding hydrogens is 317 g/mol. The van der Waals surface area contributed by atoms with E-state index in [4.69, 9.17) is 10.8 Å². The van der Waals surface area contributed by atoms with Crippen LogP contribution >= 0.6 is 0 Å². The van der Waals surface area contributed by atoms with Crippen molar-refractivity contribution in [2.24, 2.45) is 5.73 Å². The van der Waals surface area contributed by atoms with Gasteiger partial charge in [-0.2, -0.15) is 0 Å². The molecule has 0 spiro atoms. The topological polar surface area (TPSA) is 63.3 Å². The molecule has 0 radical (unpaired) electrons. The lowest BCUT2D eigenvalue weighted by Gasteiger charge is -2.18. The van der Waals surface area contributed by atoms with Crippen LogP contribution in [-0.4, -0.2) is 11.1 Å². The van der Waals surface area contributed by atoms with Gasteiger partial charge in [-0.3, -0.25) is 4.79 Å². The van der Waals surface area contributed by atoms with E-state index in [0.29, 0.717) is 11.5 Å². The van der Waals surface area contributed by atoms with Crippen molar-refractivity contribution in [3.8, 4) is 11.1 Å². The largest absolute Gasteiger partial charge is 0.481 e. The molecule has 25 heavy (non-hydrogen) atoms. The van der Waals surface area contributed by atoms with Crippen molar-refractivity contribution in [3.05, 3.63) is 57.9 Å². The number of aryl methyl sites for hydroxylation is 3. The Bertz CT molecular complexity index is 817. The number of benzene rings is 2. The van der Waals surface area contributed by atoms with Crippen LogP contribution in [0.5, 0.6) is 0 Å². The van der Waals surface area contributed by atoms with E-state index in [1.165, 1.54) is 18.4 Å². The molecular formula is C21H24FNO2. The zero-order valence-electron chi connectivity index (χ0n) is 14.9. The highest BCUT2D eigenvalue weighted by molar-refractivity contribution is 5.73. The van der Waals surface area contributed by atoms with Crippen LogP contribution in [0, 0.1) is 26.6 Å². The Morgan fingerprint density at radius 3 is 2.28 bits per heavy atom. The van der Waals surface area contributed by atoms with Crippen LogP contribution in [0.2, 0.25) is 0 Å². The molecule has 3 nitrogen and oxygen atoms in total. The molecule has 1 saturated carbocycles. The summed E-state index contributed by atoms with van der Waals surface area (Å²) < 4.78 is 14.5. The van der Waals surface area contributed by atoms with E-state index in [2.05, 4.69) is 26.0 Å². The molecule has 0 aromatic heterocycles. The fraction of sp³-hybridized carbons (Fsp3) is 0.381. The van der Waals surface area contributed by atoms with Crippen molar-refractivity contribution in [1.82, 2.24) is 0 Å². The maximum atomic E-state index is 14.5. The molecule has 132 valence electrons. The van der Waals surface area contributed by atoms with Gasteiger partial charge in [-0.05, 0) is 85.0 Å². The van der Waals surface area contributed by atoms with Crippen molar-refractivity contribution >= 4 is 5.97 Å². The molecule has 3 N–H and O–H groups in total. The van der Waals surface area contributed by atoms with Gasteiger partial charge in [-0.15, -0.1) is 0 Å². The second-order valence-electron chi connectivity index (χ2n) is 7.20. The number of carbonyl (C=O) groups is 1. The molecule has 2 aromatic rings.